The van der Waals surface area contributed by atoms with Gasteiger partial charge in [0.2, 0.25) is 0 Å². The lowest BCUT2D eigenvalue weighted by Gasteiger charge is -2.24. The molecule has 178 valence electrons. The molecule has 1 aliphatic heterocycles. The van der Waals surface area contributed by atoms with Gasteiger partial charge in [-0.15, -0.1) is 0 Å². The van der Waals surface area contributed by atoms with E-state index in [1.165, 1.54) is 49.0 Å². The molecule has 4 aromatic rings. The predicted octanol–water partition coefficient (Wildman–Crippen LogP) is 8.24. The van der Waals surface area contributed by atoms with Gasteiger partial charge in [0, 0.05) is 24.0 Å². The Bertz CT molecular complexity index is 1280. The summed E-state index contributed by atoms with van der Waals surface area (Å²) in [5, 5.41) is 2.21. The zero-order chi connectivity index (χ0) is 23.9. The Balaban J connectivity index is 1.58. The normalized spacial score (nSPS) is 13.9. The van der Waals surface area contributed by atoms with Crippen molar-refractivity contribution in [3.05, 3.63) is 103 Å². The Morgan fingerprint density at radius 2 is 1.54 bits per heavy atom. The van der Waals surface area contributed by atoms with Crippen molar-refractivity contribution in [2.75, 3.05) is 20.2 Å². The molecule has 0 unspecified atom stereocenters. The highest BCUT2D eigenvalue weighted by atomic mass is 16.5. The van der Waals surface area contributed by atoms with Crippen LogP contribution < -0.4 is 9.47 Å². The van der Waals surface area contributed by atoms with Crippen LogP contribution in [0.2, 0.25) is 0 Å². The molecule has 0 saturated carbocycles. The van der Waals surface area contributed by atoms with Crippen LogP contribution in [0.4, 0.5) is 0 Å². The SMILES string of the molecule is COc1ccc2c(Oc3ccccc3)c(-c3ccccc3)c(CCC=CN3CCCCC3)cc2c1. The van der Waals surface area contributed by atoms with Crippen LogP contribution in [0, 0.1) is 0 Å². The quantitative estimate of drug-likeness (QED) is 0.263. The Morgan fingerprint density at radius 1 is 0.800 bits per heavy atom. The van der Waals surface area contributed by atoms with Crippen LogP contribution in [0.1, 0.15) is 31.2 Å². The van der Waals surface area contributed by atoms with E-state index in [4.69, 9.17) is 9.47 Å². The number of hydrogen-bond acceptors (Lipinski definition) is 3. The average Bonchev–Trinajstić information content (AvgIpc) is 2.92. The summed E-state index contributed by atoms with van der Waals surface area (Å²) in [5.74, 6) is 2.59. The minimum atomic E-state index is 0.837. The molecule has 0 radical (unpaired) electrons. The Morgan fingerprint density at radius 3 is 2.29 bits per heavy atom. The van der Waals surface area contributed by atoms with E-state index in [1.807, 2.05) is 36.4 Å². The number of para-hydroxylation sites is 1. The molecule has 4 aromatic carbocycles. The van der Waals surface area contributed by atoms with E-state index in [9.17, 15) is 0 Å². The summed E-state index contributed by atoms with van der Waals surface area (Å²) in [4.78, 5) is 2.46. The van der Waals surface area contributed by atoms with Gasteiger partial charge >= 0.3 is 0 Å². The maximum Gasteiger partial charge on any atom is 0.143 e. The summed E-state index contributed by atoms with van der Waals surface area (Å²) in [6.45, 7) is 2.35. The summed E-state index contributed by atoms with van der Waals surface area (Å²) in [5.41, 5.74) is 3.62. The second-order valence-corrected chi connectivity index (χ2v) is 9.13. The second-order valence-electron chi connectivity index (χ2n) is 9.13. The number of likely N-dealkylation sites (tertiary alicyclic amines) is 1. The molecule has 5 rings (SSSR count). The van der Waals surface area contributed by atoms with Gasteiger partial charge < -0.3 is 14.4 Å². The van der Waals surface area contributed by atoms with Gasteiger partial charge in [0.1, 0.15) is 17.2 Å². The molecule has 0 bridgehead atoms. The molecule has 3 nitrogen and oxygen atoms in total. The Hall–Kier alpha value is -3.72. The van der Waals surface area contributed by atoms with Gasteiger partial charge in [-0.25, -0.2) is 0 Å². The van der Waals surface area contributed by atoms with Crippen molar-refractivity contribution in [2.24, 2.45) is 0 Å². The monoisotopic (exact) mass is 463 g/mol. The number of fused-ring (bicyclic) bond motifs is 1. The molecule has 1 aliphatic rings. The van der Waals surface area contributed by atoms with Crippen molar-refractivity contribution >= 4 is 10.8 Å². The lowest BCUT2D eigenvalue weighted by Crippen LogP contribution is -2.24. The number of aryl methyl sites for hydroxylation is 1. The Labute approximate surface area is 208 Å². The molecule has 1 heterocycles. The summed E-state index contributed by atoms with van der Waals surface area (Å²) in [6.07, 6.45) is 10.5. The van der Waals surface area contributed by atoms with Crippen LogP contribution in [-0.2, 0) is 6.42 Å². The van der Waals surface area contributed by atoms with Crippen LogP contribution in [0.15, 0.2) is 97.2 Å². The van der Waals surface area contributed by atoms with E-state index in [0.29, 0.717) is 0 Å². The molecule has 1 fully saturated rings. The first-order valence-corrected chi connectivity index (χ1v) is 12.6. The number of nitrogens with zero attached hydrogens (tertiary/aromatic N) is 1. The highest BCUT2D eigenvalue weighted by Crippen LogP contribution is 2.43. The molecular weight excluding hydrogens is 430 g/mol. The molecular formula is C32H33NO2. The zero-order valence-corrected chi connectivity index (χ0v) is 20.5. The molecule has 0 spiro atoms. The van der Waals surface area contributed by atoms with Crippen LogP contribution in [-0.4, -0.2) is 25.1 Å². The van der Waals surface area contributed by atoms with Gasteiger partial charge in [-0.05, 0) is 85.1 Å². The highest BCUT2D eigenvalue weighted by molar-refractivity contribution is 5.97. The molecule has 0 amide bonds. The number of allylic oxidation sites excluding steroid dienone is 1. The first-order valence-electron chi connectivity index (χ1n) is 12.6. The van der Waals surface area contributed by atoms with E-state index in [0.717, 1.165) is 40.9 Å². The molecule has 0 aliphatic carbocycles. The van der Waals surface area contributed by atoms with Crippen LogP contribution in [0.5, 0.6) is 17.2 Å². The van der Waals surface area contributed by atoms with Crippen molar-refractivity contribution in [3.8, 4) is 28.4 Å². The van der Waals surface area contributed by atoms with E-state index >= 15 is 0 Å². The van der Waals surface area contributed by atoms with Gasteiger partial charge in [0.15, 0.2) is 0 Å². The van der Waals surface area contributed by atoms with Crippen molar-refractivity contribution in [3.63, 3.8) is 0 Å². The first kappa shape index (κ1) is 23.0. The lowest BCUT2D eigenvalue weighted by atomic mass is 9.91. The zero-order valence-electron chi connectivity index (χ0n) is 20.5. The number of methoxy groups -OCH3 is 1. The number of piperidine rings is 1. The third kappa shape index (κ3) is 5.51. The molecule has 0 atom stereocenters. The summed E-state index contributed by atoms with van der Waals surface area (Å²) >= 11 is 0. The molecule has 1 saturated heterocycles. The summed E-state index contributed by atoms with van der Waals surface area (Å²) in [6, 6.07) is 29.2. The number of benzene rings is 4. The topological polar surface area (TPSA) is 21.7 Å². The highest BCUT2D eigenvalue weighted by Gasteiger charge is 2.18. The van der Waals surface area contributed by atoms with Crippen LogP contribution in [0.25, 0.3) is 21.9 Å². The van der Waals surface area contributed by atoms with Gasteiger partial charge in [-0.3, -0.25) is 0 Å². The first-order chi connectivity index (χ1) is 17.3. The predicted molar refractivity (Wildman–Crippen MR) is 145 cm³/mol. The van der Waals surface area contributed by atoms with Crippen molar-refractivity contribution in [2.45, 2.75) is 32.1 Å². The van der Waals surface area contributed by atoms with Crippen LogP contribution in [0.3, 0.4) is 0 Å². The number of ether oxygens (including phenoxy) is 2. The van der Waals surface area contributed by atoms with Crippen LogP contribution >= 0.6 is 0 Å². The van der Waals surface area contributed by atoms with E-state index in [2.05, 4.69) is 65.7 Å². The maximum atomic E-state index is 6.63. The van der Waals surface area contributed by atoms with E-state index < -0.39 is 0 Å². The van der Waals surface area contributed by atoms with Gasteiger partial charge in [-0.2, -0.15) is 0 Å². The summed E-state index contributed by atoms with van der Waals surface area (Å²) < 4.78 is 12.2. The van der Waals surface area contributed by atoms with Gasteiger partial charge in [0.25, 0.3) is 0 Å². The van der Waals surface area contributed by atoms with Crippen molar-refractivity contribution < 1.29 is 9.47 Å². The second kappa shape index (κ2) is 11.1. The molecule has 0 N–H and O–H groups in total. The minimum Gasteiger partial charge on any atom is -0.497 e. The Kier molecular flexibility index (Phi) is 7.33. The molecule has 3 heteroatoms. The fourth-order valence-electron chi connectivity index (χ4n) is 4.90. The van der Waals surface area contributed by atoms with Crippen molar-refractivity contribution in [1.29, 1.82) is 0 Å². The number of rotatable bonds is 8. The number of hydrogen-bond donors (Lipinski definition) is 0. The van der Waals surface area contributed by atoms with E-state index in [-0.39, 0.29) is 0 Å². The molecule has 0 aromatic heterocycles. The third-order valence-electron chi connectivity index (χ3n) is 6.69. The third-order valence-corrected chi connectivity index (χ3v) is 6.69. The van der Waals surface area contributed by atoms with Gasteiger partial charge in [0.05, 0.1) is 7.11 Å². The fraction of sp³-hybridized carbons (Fsp3) is 0.250. The lowest BCUT2D eigenvalue weighted by molar-refractivity contribution is 0.308. The maximum absolute atomic E-state index is 6.63. The summed E-state index contributed by atoms with van der Waals surface area (Å²) in [7, 11) is 1.72. The standard InChI is InChI=1S/C32H33NO2/c1-34-29-18-19-30-27(24-29)23-26(15-9-12-22-33-20-10-4-11-21-33)31(25-13-5-2-6-14-25)32(30)35-28-16-7-3-8-17-28/h2-3,5-8,12-14,16-19,22-24H,4,9-11,15,20-21H2,1H3. The van der Waals surface area contributed by atoms with Gasteiger partial charge in [-0.1, -0.05) is 60.7 Å². The fourth-order valence-corrected chi connectivity index (χ4v) is 4.90. The van der Waals surface area contributed by atoms with Crippen molar-refractivity contribution in [1.82, 2.24) is 4.90 Å². The largest absolute Gasteiger partial charge is 0.497 e. The molecule has 35 heavy (non-hydrogen) atoms. The van der Waals surface area contributed by atoms with E-state index in [1.54, 1.807) is 7.11 Å². The smallest absolute Gasteiger partial charge is 0.143 e. The minimum absolute atomic E-state index is 0.837. The average molecular weight is 464 g/mol.